The third-order valence-corrected chi connectivity index (χ3v) is 6.44. The average molecular weight is 436 g/mol. The van der Waals surface area contributed by atoms with E-state index in [0.717, 1.165) is 67.5 Å². The Hall–Kier alpha value is -2.94. The van der Waals surface area contributed by atoms with E-state index < -0.39 is 0 Å². The van der Waals surface area contributed by atoms with Crippen molar-refractivity contribution in [3.63, 3.8) is 0 Å². The Morgan fingerprint density at radius 1 is 1.25 bits per heavy atom. The van der Waals surface area contributed by atoms with E-state index in [1.54, 1.807) is 7.05 Å². The van der Waals surface area contributed by atoms with Crippen molar-refractivity contribution >= 4 is 16.9 Å². The number of furan rings is 1. The first-order valence-corrected chi connectivity index (χ1v) is 11.3. The summed E-state index contributed by atoms with van der Waals surface area (Å²) in [6.45, 7) is 3.61. The second-order valence-corrected chi connectivity index (χ2v) is 8.53. The van der Waals surface area contributed by atoms with Crippen LogP contribution in [0.1, 0.15) is 36.4 Å². The van der Waals surface area contributed by atoms with Gasteiger partial charge in [-0.3, -0.25) is 20.5 Å². The third-order valence-electron chi connectivity index (χ3n) is 6.44. The molecule has 0 radical (unpaired) electrons. The molecule has 2 aliphatic heterocycles. The molecule has 2 aromatic heterocycles. The van der Waals surface area contributed by atoms with Crippen LogP contribution < -0.4 is 20.9 Å². The fraction of sp³-hybridized carbons (Fsp3) is 0.417. The number of nitrogens with zero attached hydrogens (tertiary/aromatic N) is 2. The molecule has 1 aromatic carbocycles. The molecular weight excluding hydrogens is 406 g/mol. The van der Waals surface area contributed by atoms with Crippen LogP contribution in [-0.2, 0) is 11.3 Å². The van der Waals surface area contributed by atoms with Crippen molar-refractivity contribution in [1.82, 2.24) is 26.1 Å². The van der Waals surface area contributed by atoms with Gasteiger partial charge in [-0.05, 0) is 50.0 Å². The third kappa shape index (κ3) is 4.48. The number of amides is 1. The molecule has 4 heterocycles. The zero-order valence-corrected chi connectivity index (χ0v) is 18.3. The minimum Gasteiger partial charge on any atom is -0.464 e. The Kier molecular flexibility index (Phi) is 6.07. The van der Waals surface area contributed by atoms with E-state index in [0.29, 0.717) is 17.7 Å². The quantitative estimate of drug-likeness (QED) is 0.548. The molecule has 32 heavy (non-hydrogen) atoms. The molecule has 0 saturated carbocycles. The number of piperidine rings is 1. The van der Waals surface area contributed by atoms with Gasteiger partial charge in [-0.15, -0.1) is 0 Å². The molecule has 5 rings (SSSR count). The molecule has 3 N–H and O–H groups in total. The maximum atomic E-state index is 11.8. The van der Waals surface area contributed by atoms with Gasteiger partial charge in [0, 0.05) is 61.4 Å². The predicted molar refractivity (Wildman–Crippen MR) is 121 cm³/mol. The number of benzene rings is 1. The summed E-state index contributed by atoms with van der Waals surface area (Å²) in [5, 5.41) is 3.85. The summed E-state index contributed by atoms with van der Waals surface area (Å²) in [5.74, 6) is 1.55. The first-order chi connectivity index (χ1) is 15.7. The lowest BCUT2D eigenvalue weighted by atomic mass is 9.95. The van der Waals surface area contributed by atoms with Crippen LogP contribution in [0, 0.1) is 5.92 Å². The lowest BCUT2D eigenvalue weighted by Gasteiger charge is -2.30. The topological polar surface area (TPSA) is 91.7 Å². The molecule has 0 bridgehead atoms. The second-order valence-electron chi connectivity index (χ2n) is 8.53. The van der Waals surface area contributed by atoms with Crippen LogP contribution in [-0.4, -0.2) is 42.5 Å². The fourth-order valence-corrected chi connectivity index (χ4v) is 4.56. The van der Waals surface area contributed by atoms with Crippen LogP contribution in [0.5, 0.6) is 11.6 Å². The molecule has 2 aliphatic rings. The van der Waals surface area contributed by atoms with E-state index in [1.165, 1.54) is 0 Å². The van der Waals surface area contributed by atoms with E-state index in [4.69, 9.17) is 9.15 Å². The lowest BCUT2D eigenvalue weighted by molar-refractivity contribution is -0.125. The largest absolute Gasteiger partial charge is 0.464 e. The van der Waals surface area contributed by atoms with E-state index >= 15 is 0 Å². The number of aromatic nitrogens is 1. The van der Waals surface area contributed by atoms with E-state index in [2.05, 4.69) is 26.1 Å². The molecule has 1 unspecified atom stereocenters. The Morgan fingerprint density at radius 3 is 2.84 bits per heavy atom. The summed E-state index contributed by atoms with van der Waals surface area (Å²) in [5.41, 5.74) is 9.48. The Balaban J connectivity index is 1.22. The molecule has 1 amide bonds. The van der Waals surface area contributed by atoms with Gasteiger partial charge in [-0.2, -0.15) is 0 Å². The van der Waals surface area contributed by atoms with Gasteiger partial charge < -0.3 is 14.5 Å². The molecule has 8 heteroatoms. The second kappa shape index (κ2) is 9.28. The summed E-state index contributed by atoms with van der Waals surface area (Å²) in [6.07, 6.45) is 6.52. The zero-order valence-electron chi connectivity index (χ0n) is 18.3. The summed E-state index contributed by atoms with van der Waals surface area (Å²) in [6, 6.07) is 10.2. The van der Waals surface area contributed by atoms with Crippen LogP contribution in [0.15, 0.2) is 47.2 Å². The minimum atomic E-state index is 0.130. The molecule has 0 aliphatic carbocycles. The number of rotatable bonds is 6. The molecule has 8 nitrogen and oxygen atoms in total. The average Bonchev–Trinajstić information content (AvgIpc) is 3.50. The molecule has 2 fully saturated rings. The molecule has 1 atom stereocenters. The van der Waals surface area contributed by atoms with Crippen molar-refractivity contribution in [2.24, 2.45) is 5.92 Å². The van der Waals surface area contributed by atoms with Crippen molar-refractivity contribution in [1.29, 1.82) is 0 Å². The normalized spacial score (nSPS) is 20.0. The highest BCUT2D eigenvalue weighted by Gasteiger charge is 2.24. The van der Waals surface area contributed by atoms with E-state index in [9.17, 15) is 4.79 Å². The van der Waals surface area contributed by atoms with Crippen LogP contribution in [0.2, 0.25) is 0 Å². The SMILES string of the molecule is CNC(=O)C1CCN(Cc2coc3cc(Oc4ccc(C5CCNN5)cn4)ccc23)CC1. The fourth-order valence-electron chi connectivity index (χ4n) is 4.56. The zero-order chi connectivity index (χ0) is 21.9. The molecule has 3 aromatic rings. The number of hydrogen-bond acceptors (Lipinski definition) is 7. The maximum Gasteiger partial charge on any atom is 0.222 e. The van der Waals surface area contributed by atoms with Crippen molar-refractivity contribution in [3.05, 3.63) is 53.9 Å². The lowest BCUT2D eigenvalue weighted by Crippen LogP contribution is -2.39. The van der Waals surface area contributed by atoms with Gasteiger partial charge >= 0.3 is 0 Å². The van der Waals surface area contributed by atoms with E-state index in [1.807, 2.05) is 42.8 Å². The molecule has 2 saturated heterocycles. The number of carbonyl (C=O) groups is 1. The molecule has 168 valence electrons. The minimum absolute atomic E-state index is 0.130. The van der Waals surface area contributed by atoms with Crippen molar-refractivity contribution < 1.29 is 13.9 Å². The Morgan fingerprint density at radius 2 is 2.12 bits per heavy atom. The number of nitrogens with one attached hydrogen (secondary N) is 3. The van der Waals surface area contributed by atoms with Gasteiger partial charge in [0.25, 0.3) is 0 Å². The standard InChI is InChI=1S/C24H29N5O3/c1-25-24(30)16-7-10-29(11-8-16)14-18-15-31-22-12-19(3-4-20(18)22)32-23-5-2-17(13-26-23)21-6-9-27-28-21/h2-5,12-13,15-16,21,27-28H,6-11,14H2,1H3,(H,25,30). The van der Waals surface area contributed by atoms with Crippen molar-refractivity contribution in [2.75, 3.05) is 26.7 Å². The van der Waals surface area contributed by atoms with E-state index in [-0.39, 0.29) is 11.8 Å². The summed E-state index contributed by atoms with van der Waals surface area (Å²) >= 11 is 0. The van der Waals surface area contributed by atoms with Gasteiger partial charge in [-0.1, -0.05) is 6.07 Å². The number of carbonyl (C=O) groups excluding carboxylic acids is 1. The number of ether oxygens (including phenoxy) is 1. The highest BCUT2D eigenvalue weighted by molar-refractivity contribution is 5.82. The Labute approximate surface area is 187 Å². The molecular formula is C24H29N5O3. The molecule has 0 spiro atoms. The van der Waals surface area contributed by atoms with Crippen molar-refractivity contribution in [2.45, 2.75) is 31.8 Å². The van der Waals surface area contributed by atoms with Crippen LogP contribution in [0.25, 0.3) is 11.0 Å². The van der Waals surface area contributed by atoms with Gasteiger partial charge in [0.05, 0.1) is 6.26 Å². The number of likely N-dealkylation sites (tertiary alicyclic amines) is 1. The Bertz CT molecular complexity index is 1070. The summed E-state index contributed by atoms with van der Waals surface area (Å²) in [7, 11) is 1.71. The first kappa shape index (κ1) is 20.9. The van der Waals surface area contributed by atoms with Gasteiger partial charge in [0.1, 0.15) is 11.3 Å². The smallest absolute Gasteiger partial charge is 0.222 e. The van der Waals surface area contributed by atoms with Crippen LogP contribution in [0.3, 0.4) is 0 Å². The van der Waals surface area contributed by atoms with Crippen LogP contribution in [0.4, 0.5) is 0 Å². The van der Waals surface area contributed by atoms with Gasteiger partial charge in [0.15, 0.2) is 0 Å². The highest BCUT2D eigenvalue weighted by Crippen LogP contribution is 2.30. The number of fused-ring (bicyclic) bond motifs is 1. The first-order valence-electron chi connectivity index (χ1n) is 11.3. The van der Waals surface area contributed by atoms with Gasteiger partial charge in [0.2, 0.25) is 11.8 Å². The predicted octanol–water partition coefficient (Wildman–Crippen LogP) is 3.12. The van der Waals surface area contributed by atoms with Gasteiger partial charge in [-0.25, -0.2) is 4.98 Å². The summed E-state index contributed by atoms with van der Waals surface area (Å²) in [4.78, 5) is 18.7. The summed E-state index contributed by atoms with van der Waals surface area (Å²) < 4.78 is 11.8. The number of pyridine rings is 1. The monoisotopic (exact) mass is 435 g/mol. The van der Waals surface area contributed by atoms with Crippen LogP contribution >= 0.6 is 0 Å². The van der Waals surface area contributed by atoms with Crippen molar-refractivity contribution in [3.8, 4) is 11.6 Å². The maximum absolute atomic E-state index is 11.8. The number of hydrazine groups is 1. The number of hydrogen-bond donors (Lipinski definition) is 3. The highest BCUT2D eigenvalue weighted by atomic mass is 16.5.